The summed E-state index contributed by atoms with van der Waals surface area (Å²) in [5.41, 5.74) is 25.3. The molecule has 24 rings (SSSR count). The fourth-order valence-electron chi connectivity index (χ4n) is 18.2. The molecule has 0 spiro atoms. The fourth-order valence-corrected chi connectivity index (χ4v) is 18.2. The molecule has 115 heavy (non-hydrogen) atoms. The van der Waals surface area contributed by atoms with E-state index in [9.17, 15) is 0 Å². The van der Waals surface area contributed by atoms with E-state index in [1.807, 2.05) is 30.3 Å². The summed E-state index contributed by atoms with van der Waals surface area (Å²) in [6.07, 6.45) is 0. The Morgan fingerprint density at radius 2 is 0.391 bits per heavy atom. The van der Waals surface area contributed by atoms with Gasteiger partial charge in [-0.05, 0) is 208 Å². The van der Waals surface area contributed by atoms with Crippen LogP contribution >= 0.6 is 0 Å². The molecule has 3 aromatic heterocycles. The summed E-state index contributed by atoms with van der Waals surface area (Å²) in [5.74, 6) is 0. The molecule has 0 aliphatic rings. The fraction of sp³-hybridized carbons (Fsp3) is 0. The normalized spacial score (nSPS) is 11.7. The van der Waals surface area contributed by atoms with Crippen molar-refractivity contribution in [3.8, 4) is 89.0 Å². The van der Waals surface area contributed by atoms with Crippen LogP contribution in [0.15, 0.2) is 438 Å². The van der Waals surface area contributed by atoms with Gasteiger partial charge < -0.3 is 13.3 Å². The van der Waals surface area contributed by atoms with Gasteiger partial charge in [-0.25, -0.2) is 0 Å². The first-order valence-electron chi connectivity index (χ1n) is 39.4. The van der Waals surface area contributed by atoms with Gasteiger partial charge in [0.15, 0.2) is 0 Å². The molecule has 24 aromatic rings. The van der Waals surface area contributed by atoms with E-state index in [1.54, 1.807) is 0 Å². The lowest BCUT2D eigenvalue weighted by Gasteiger charge is -2.18. The second-order valence-electron chi connectivity index (χ2n) is 29.9. The molecule has 3 nitrogen and oxygen atoms in total. The lowest BCUT2D eigenvalue weighted by atomic mass is 9.85. The average Bonchev–Trinajstić information content (AvgIpc) is 1.71. The molecule has 3 heterocycles. The highest BCUT2D eigenvalue weighted by atomic mass is 16.3. The first-order valence-corrected chi connectivity index (χ1v) is 39.4. The maximum Gasteiger partial charge on any atom is 0.143 e. The zero-order valence-corrected chi connectivity index (χ0v) is 62.6. The SMILES string of the molecule is c1cc(-c2ccc3ccccc3c2)cc(-c2c3ccccc3c(-c3cccc4c3oc3ccccc34)c3ccccc23)c1.c1ccc(-c2c3ccccc3c(-c3ccc(-c4ccc5oc6ccccc6c5c4)cc3)c3ccccc23)cc1.c1ccc(-c2c3ccccc3c(-c3ccc4oc5ccccc5c4c3)c3ccccc23)cc1. The average molecular weight is 1460 g/mol. The molecule has 0 amide bonds. The minimum atomic E-state index is 0.917. The Morgan fingerprint density at radius 3 is 0.861 bits per heavy atom. The number of hydrogen-bond donors (Lipinski definition) is 0. The zero-order chi connectivity index (χ0) is 75.9. The van der Waals surface area contributed by atoms with E-state index in [-0.39, 0.29) is 0 Å². The Labute approximate surface area is 663 Å². The number of benzene rings is 21. The molecule has 0 bridgehead atoms. The van der Waals surface area contributed by atoms with Crippen molar-refractivity contribution in [1.82, 2.24) is 0 Å². The van der Waals surface area contributed by atoms with Crippen molar-refractivity contribution in [3.63, 3.8) is 0 Å². The standard InChI is InChI=1S/C42H26O.C38H24O.C32H20O/c1-2-12-28-25-30(24-23-27(28)11-1)29-13-9-14-31(26-29)40-33-16-3-5-18-35(33)41(36-19-6-4-17-34(36)40)38-21-10-20-37-32-15-7-8-22-39(32)43-42(37)38;1-2-10-26(11-3-1)37-30-13-4-6-15-32(30)38(33-16-7-5-14-31(33)37)27-20-18-25(19-21-27)28-22-23-36-34(24-28)29-12-8-9-17-35(29)39-36;1-2-10-21(11-3-1)31-24-13-4-6-15-26(24)32(27-16-7-5-14-25(27)31)22-18-19-30-28(20-22)23-12-8-9-17-29(23)33-30/h1-26H;1-24H;1-20H. The quantitative estimate of drug-likeness (QED) is 0.142. The van der Waals surface area contributed by atoms with Crippen molar-refractivity contribution < 1.29 is 13.3 Å². The van der Waals surface area contributed by atoms with E-state index in [0.29, 0.717) is 0 Å². The van der Waals surface area contributed by atoms with Gasteiger partial charge in [0, 0.05) is 43.4 Å². The van der Waals surface area contributed by atoms with Gasteiger partial charge >= 0.3 is 0 Å². The van der Waals surface area contributed by atoms with Gasteiger partial charge in [-0.1, -0.05) is 370 Å². The molecule has 0 aliphatic heterocycles. The molecular weight excluding hydrogens is 1390 g/mol. The Balaban J connectivity index is 0.000000106. The predicted octanol–water partition coefficient (Wildman–Crippen LogP) is 32.2. The Bertz CT molecular complexity index is 7780. The summed E-state index contributed by atoms with van der Waals surface area (Å²) in [5, 5.41) is 24.5. The highest BCUT2D eigenvalue weighted by Gasteiger charge is 2.24. The highest BCUT2D eigenvalue weighted by molar-refractivity contribution is 6.26. The third-order valence-corrected chi connectivity index (χ3v) is 23.4. The third kappa shape index (κ3) is 11.5. The molecule has 0 radical (unpaired) electrons. The van der Waals surface area contributed by atoms with Crippen LogP contribution in [0.3, 0.4) is 0 Å². The van der Waals surface area contributed by atoms with E-state index in [4.69, 9.17) is 13.3 Å². The Kier molecular flexibility index (Phi) is 16.3. The van der Waals surface area contributed by atoms with Crippen LogP contribution in [0.2, 0.25) is 0 Å². The highest BCUT2D eigenvalue weighted by Crippen LogP contribution is 2.50. The van der Waals surface area contributed by atoms with Crippen molar-refractivity contribution in [2.24, 2.45) is 0 Å². The van der Waals surface area contributed by atoms with Crippen molar-refractivity contribution in [3.05, 3.63) is 425 Å². The van der Waals surface area contributed by atoms with Gasteiger partial charge in [0.25, 0.3) is 0 Å². The smallest absolute Gasteiger partial charge is 0.143 e. The Hall–Kier alpha value is -15.2. The maximum absolute atomic E-state index is 6.55. The molecule has 3 heteroatoms. The first-order chi connectivity index (χ1) is 57.1. The van der Waals surface area contributed by atoms with E-state index in [0.717, 1.165) is 71.4 Å². The van der Waals surface area contributed by atoms with Crippen LogP contribution in [0.1, 0.15) is 0 Å². The van der Waals surface area contributed by atoms with E-state index in [2.05, 4.69) is 394 Å². The molecule has 536 valence electrons. The van der Waals surface area contributed by atoms with E-state index >= 15 is 0 Å². The summed E-state index contributed by atoms with van der Waals surface area (Å²) in [7, 11) is 0. The van der Waals surface area contributed by atoms with E-state index in [1.165, 1.54) is 159 Å². The third-order valence-electron chi connectivity index (χ3n) is 23.4. The van der Waals surface area contributed by atoms with Crippen LogP contribution in [-0.4, -0.2) is 0 Å². The van der Waals surface area contributed by atoms with Crippen molar-refractivity contribution in [2.45, 2.75) is 0 Å². The number of hydrogen-bond acceptors (Lipinski definition) is 3. The van der Waals surface area contributed by atoms with Crippen LogP contribution in [-0.2, 0) is 0 Å². The number of furan rings is 3. The van der Waals surface area contributed by atoms with Gasteiger partial charge in [0.2, 0.25) is 0 Å². The predicted molar refractivity (Wildman–Crippen MR) is 487 cm³/mol. The monoisotopic (exact) mass is 1460 g/mol. The van der Waals surface area contributed by atoms with Crippen LogP contribution in [0.4, 0.5) is 0 Å². The molecule has 0 unspecified atom stereocenters. The van der Waals surface area contributed by atoms with Gasteiger partial charge in [0.1, 0.15) is 33.5 Å². The van der Waals surface area contributed by atoms with Crippen LogP contribution in [0.25, 0.3) is 230 Å². The van der Waals surface area contributed by atoms with Crippen molar-refractivity contribution in [1.29, 1.82) is 0 Å². The molecule has 0 N–H and O–H groups in total. The molecule has 0 aliphatic carbocycles. The summed E-state index contributed by atoms with van der Waals surface area (Å²) in [6, 6.07) is 152. The maximum atomic E-state index is 6.55. The van der Waals surface area contributed by atoms with Crippen LogP contribution in [0, 0.1) is 0 Å². The second-order valence-corrected chi connectivity index (χ2v) is 29.9. The number of rotatable bonds is 8. The first kappa shape index (κ1) is 66.8. The molecular formula is C112H70O3. The molecule has 21 aromatic carbocycles. The summed E-state index contributed by atoms with van der Waals surface area (Å²) in [6.45, 7) is 0. The van der Waals surface area contributed by atoms with Crippen LogP contribution < -0.4 is 0 Å². The lowest BCUT2D eigenvalue weighted by molar-refractivity contribution is 0.668. The summed E-state index contributed by atoms with van der Waals surface area (Å²) in [4.78, 5) is 0. The lowest BCUT2D eigenvalue weighted by Crippen LogP contribution is -1.91. The molecule has 0 fully saturated rings. The van der Waals surface area contributed by atoms with Gasteiger partial charge in [-0.15, -0.1) is 0 Å². The number of para-hydroxylation sites is 4. The van der Waals surface area contributed by atoms with Crippen LogP contribution in [0.5, 0.6) is 0 Å². The van der Waals surface area contributed by atoms with Crippen molar-refractivity contribution in [2.75, 3.05) is 0 Å². The Morgan fingerprint density at radius 1 is 0.122 bits per heavy atom. The van der Waals surface area contributed by atoms with Crippen molar-refractivity contribution >= 4 is 141 Å². The van der Waals surface area contributed by atoms with E-state index < -0.39 is 0 Å². The topological polar surface area (TPSA) is 39.4 Å². The van der Waals surface area contributed by atoms with Gasteiger partial charge in [-0.3, -0.25) is 0 Å². The largest absolute Gasteiger partial charge is 0.456 e. The van der Waals surface area contributed by atoms with Gasteiger partial charge in [-0.2, -0.15) is 0 Å². The summed E-state index contributed by atoms with van der Waals surface area (Å²) >= 11 is 0. The number of fused-ring (bicyclic) bond motifs is 16. The zero-order valence-electron chi connectivity index (χ0n) is 62.6. The molecule has 0 saturated carbocycles. The van der Waals surface area contributed by atoms with Gasteiger partial charge in [0.05, 0.1) is 0 Å². The minimum absolute atomic E-state index is 0.917. The molecule has 0 atom stereocenters. The minimum Gasteiger partial charge on any atom is -0.456 e. The molecule has 0 saturated heterocycles. The second kappa shape index (κ2) is 28.0. The summed E-state index contributed by atoms with van der Waals surface area (Å²) < 4.78 is 18.7.